The maximum Gasteiger partial charge on any atom is 0.407 e. The number of aromatic nitrogens is 2. The Balaban J connectivity index is 1.71. The molecule has 21 heavy (non-hydrogen) atoms. The maximum atomic E-state index is 11.4. The summed E-state index contributed by atoms with van der Waals surface area (Å²) in [6.07, 6.45) is 3.87. The Kier molecular flexibility index (Phi) is 4.67. The number of hydrogen-bond donors (Lipinski definition) is 1. The van der Waals surface area contributed by atoms with Crippen LogP contribution in [0.3, 0.4) is 0 Å². The molecule has 114 valence electrons. The van der Waals surface area contributed by atoms with Crippen LogP contribution in [0.1, 0.15) is 27.2 Å². The first-order valence-corrected chi connectivity index (χ1v) is 6.97. The molecule has 0 bridgehead atoms. The van der Waals surface area contributed by atoms with Crippen LogP contribution in [0.2, 0.25) is 0 Å². The molecule has 0 saturated heterocycles. The van der Waals surface area contributed by atoms with Gasteiger partial charge in [-0.2, -0.15) is 0 Å². The highest BCUT2D eigenvalue weighted by Crippen LogP contribution is 2.13. The summed E-state index contributed by atoms with van der Waals surface area (Å²) in [6.45, 7) is 6.52. The monoisotopic (exact) mass is 291 g/mol. The van der Waals surface area contributed by atoms with E-state index in [2.05, 4.69) is 10.3 Å². The van der Waals surface area contributed by atoms with Gasteiger partial charge in [0, 0.05) is 18.9 Å². The second-order valence-electron chi connectivity index (χ2n) is 5.65. The normalized spacial score (nSPS) is 11.4. The van der Waals surface area contributed by atoms with Crippen LogP contribution >= 0.6 is 0 Å². The quantitative estimate of drug-likeness (QED) is 0.860. The van der Waals surface area contributed by atoms with Gasteiger partial charge in [-0.15, -0.1) is 0 Å². The zero-order chi connectivity index (χ0) is 15.3. The average molecular weight is 291 g/mol. The number of alkyl carbamates (subject to hydrolysis) is 1. The van der Waals surface area contributed by atoms with Crippen LogP contribution < -0.4 is 10.1 Å². The molecule has 0 aromatic carbocycles. The van der Waals surface area contributed by atoms with Gasteiger partial charge in [0.05, 0.1) is 6.61 Å². The fourth-order valence-corrected chi connectivity index (χ4v) is 1.79. The smallest absolute Gasteiger partial charge is 0.407 e. The second kappa shape index (κ2) is 6.47. The lowest BCUT2D eigenvalue weighted by Gasteiger charge is -2.19. The van der Waals surface area contributed by atoms with Gasteiger partial charge in [0.15, 0.2) is 5.88 Å². The van der Waals surface area contributed by atoms with Crippen LogP contribution in [0.25, 0.3) is 5.65 Å². The Hall–Kier alpha value is -2.24. The summed E-state index contributed by atoms with van der Waals surface area (Å²) < 4.78 is 12.7. The number of fused-ring (bicyclic) bond motifs is 1. The fourth-order valence-electron chi connectivity index (χ4n) is 1.79. The van der Waals surface area contributed by atoms with Crippen molar-refractivity contribution >= 4 is 11.7 Å². The molecular formula is C15H21N3O3. The van der Waals surface area contributed by atoms with Crippen molar-refractivity contribution < 1.29 is 14.3 Å². The molecule has 6 nitrogen and oxygen atoms in total. The number of nitrogens with zero attached hydrogens (tertiary/aromatic N) is 2. The molecule has 0 saturated carbocycles. The molecule has 0 atom stereocenters. The largest absolute Gasteiger partial charge is 0.478 e. The van der Waals surface area contributed by atoms with E-state index < -0.39 is 11.7 Å². The third kappa shape index (κ3) is 4.66. The molecule has 2 aromatic heterocycles. The van der Waals surface area contributed by atoms with E-state index in [1.165, 1.54) is 0 Å². The third-order valence-corrected chi connectivity index (χ3v) is 2.63. The van der Waals surface area contributed by atoms with Crippen LogP contribution in [0.4, 0.5) is 4.79 Å². The average Bonchev–Trinajstić information content (AvgIpc) is 2.85. The molecule has 0 aliphatic rings. The SMILES string of the molecule is CC(C)(C)OC(=O)NCCCOc1cccc2nccn12. The summed E-state index contributed by atoms with van der Waals surface area (Å²) in [5.74, 6) is 0.738. The Morgan fingerprint density at radius 3 is 2.95 bits per heavy atom. The van der Waals surface area contributed by atoms with E-state index in [9.17, 15) is 4.79 Å². The van der Waals surface area contributed by atoms with Gasteiger partial charge in [0.2, 0.25) is 0 Å². The summed E-state index contributed by atoms with van der Waals surface area (Å²) >= 11 is 0. The number of carbonyl (C=O) groups excluding carboxylic acids is 1. The molecule has 0 aliphatic carbocycles. The molecular weight excluding hydrogens is 270 g/mol. The fraction of sp³-hybridized carbons (Fsp3) is 0.467. The van der Waals surface area contributed by atoms with Crippen LogP contribution in [0, 0.1) is 0 Å². The Morgan fingerprint density at radius 2 is 2.19 bits per heavy atom. The molecule has 0 radical (unpaired) electrons. The lowest BCUT2D eigenvalue weighted by atomic mass is 10.2. The predicted molar refractivity (Wildman–Crippen MR) is 79.5 cm³/mol. The number of pyridine rings is 1. The zero-order valence-corrected chi connectivity index (χ0v) is 12.6. The molecule has 0 spiro atoms. The Morgan fingerprint density at radius 1 is 1.38 bits per heavy atom. The van der Waals surface area contributed by atoms with Crippen LogP contribution in [-0.2, 0) is 4.74 Å². The highest BCUT2D eigenvalue weighted by molar-refractivity contribution is 5.67. The Bertz CT molecular complexity index is 601. The number of rotatable bonds is 5. The van der Waals surface area contributed by atoms with Gasteiger partial charge in [-0.3, -0.25) is 4.40 Å². The van der Waals surface area contributed by atoms with Gasteiger partial charge < -0.3 is 14.8 Å². The molecule has 0 aliphatic heterocycles. The summed E-state index contributed by atoms with van der Waals surface area (Å²) in [5.41, 5.74) is 0.372. The molecule has 2 aromatic rings. The van der Waals surface area contributed by atoms with E-state index in [-0.39, 0.29) is 0 Å². The predicted octanol–water partition coefficient (Wildman–Crippen LogP) is 2.63. The van der Waals surface area contributed by atoms with E-state index in [0.29, 0.717) is 19.6 Å². The number of imidazole rings is 1. The van der Waals surface area contributed by atoms with Gasteiger partial charge in [-0.1, -0.05) is 6.07 Å². The first-order chi connectivity index (χ1) is 9.96. The summed E-state index contributed by atoms with van der Waals surface area (Å²) in [7, 11) is 0. The molecule has 1 amide bonds. The van der Waals surface area contributed by atoms with Crippen molar-refractivity contribution in [3.63, 3.8) is 0 Å². The van der Waals surface area contributed by atoms with Gasteiger partial charge >= 0.3 is 6.09 Å². The number of nitrogens with one attached hydrogen (secondary N) is 1. The van der Waals surface area contributed by atoms with E-state index in [0.717, 1.165) is 11.5 Å². The summed E-state index contributed by atoms with van der Waals surface area (Å²) in [4.78, 5) is 15.6. The Labute approximate surface area is 124 Å². The molecule has 0 fully saturated rings. The number of hydrogen-bond acceptors (Lipinski definition) is 4. The molecule has 1 N–H and O–H groups in total. The van der Waals surface area contributed by atoms with E-state index in [1.807, 2.05) is 49.6 Å². The number of carbonyl (C=O) groups is 1. The summed E-state index contributed by atoms with van der Waals surface area (Å²) in [6, 6.07) is 5.70. The van der Waals surface area contributed by atoms with Gasteiger partial charge in [0.25, 0.3) is 0 Å². The van der Waals surface area contributed by atoms with Crippen molar-refractivity contribution in [2.75, 3.05) is 13.2 Å². The van der Waals surface area contributed by atoms with Crippen molar-refractivity contribution in [2.24, 2.45) is 0 Å². The highest BCUT2D eigenvalue weighted by Gasteiger charge is 2.15. The molecule has 6 heteroatoms. The number of ether oxygens (including phenoxy) is 2. The molecule has 2 heterocycles. The minimum absolute atomic E-state index is 0.404. The lowest BCUT2D eigenvalue weighted by molar-refractivity contribution is 0.0525. The van der Waals surface area contributed by atoms with Crippen molar-refractivity contribution in [3.8, 4) is 5.88 Å². The van der Waals surface area contributed by atoms with E-state index in [4.69, 9.17) is 9.47 Å². The van der Waals surface area contributed by atoms with Crippen molar-refractivity contribution in [3.05, 3.63) is 30.6 Å². The molecule has 2 rings (SSSR count). The summed E-state index contributed by atoms with van der Waals surface area (Å²) in [5, 5.41) is 2.70. The van der Waals surface area contributed by atoms with Gasteiger partial charge in [0.1, 0.15) is 11.2 Å². The topological polar surface area (TPSA) is 64.9 Å². The van der Waals surface area contributed by atoms with Crippen LogP contribution in [0.5, 0.6) is 5.88 Å². The number of amides is 1. The first kappa shape index (κ1) is 15.2. The van der Waals surface area contributed by atoms with Gasteiger partial charge in [-0.05, 0) is 39.3 Å². The van der Waals surface area contributed by atoms with E-state index in [1.54, 1.807) is 6.20 Å². The highest BCUT2D eigenvalue weighted by atomic mass is 16.6. The minimum atomic E-state index is -0.475. The van der Waals surface area contributed by atoms with Gasteiger partial charge in [-0.25, -0.2) is 9.78 Å². The van der Waals surface area contributed by atoms with E-state index >= 15 is 0 Å². The zero-order valence-electron chi connectivity index (χ0n) is 12.6. The second-order valence-corrected chi connectivity index (χ2v) is 5.65. The van der Waals surface area contributed by atoms with Crippen LogP contribution in [0.15, 0.2) is 30.6 Å². The first-order valence-electron chi connectivity index (χ1n) is 6.97. The maximum absolute atomic E-state index is 11.4. The van der Waals surface area contributed by atoms with Crippen LogP contribution in [-0.4, -0.2) is 34.2 Å². The van der Waals surface area contributed by atoms with Crippen molar-refractivity contribution in [1.82, 2.24) is 14.7 Å². The minimum Gasteiger partial charge on any atom is -0.478 e. The van der Waals surface area contributed by atoms with Crippen molar-refractivity contribution in [1.29, 1.82) is 0 Å². The third-order valence-electron chi connectivity index (χ3n) is 2.63. The standard InChI is InChI=1S/C15H21N3O3/c1-15(2,3)21-14(19)17-8-5-11-20-13-7-4-6-12-16-9-10-18(12)13/h4,6-7,9-10H,5,8,11H2,1-3H3,(H,17,19). The van der Waals surface area contributed by atoms with Crippen molar-refractivity contribution in [2.45, 2.75) is 32.8 Å². The molecule has 0 unspecified atom stereocenters. The lowest BCUT2D eigenvalue weighted by Crippen LogP contribution is -2.33.